The summed E-state index contributed by atoms with van der Waals surface area (Å²) in [4.78, 5) is 11.3. The molecule has 2 rings (SSSR count). The molecule has 1 amide bonds. The van der Waals surface area contributed by atoms with Gasteiger partial charge in [-0.3, -0.25) is 4.79 Å². The summed E-state index contributed by atoms with van der Waals surface area (Å²) >= 11 is 0. The molecule has 122 valence electrons. The van der Waals surface area contributed by atoms with E-state index in [1.165, 1.54) is 6.07 Å². The van der Waals surface area contributed by atoms with Gasteiger partial charge < -0.3 is 10.6 Å². The second-order valence-electron chi connectivity index (χ2n) is 5.36. The van der Waals surface area contributed by atoms with Gasteiger partial charge in [0.1, 0.15) is 11.6 Å². The summed E-state index contributed by atoms with van der Waals surface area (Å²) in [7, 11) is 0. The number of benzene rings is 2. The van der Waals surface area contributed by atoms with Gasteiger partial charge in [-0.05, 0) is 42.8 Å². The Balaban J connectivity index is 1.96. The third kappa shape index (κ3) is 4.86. The lowest BCUT2D eigenvalue weighted by Crippen LogP contribution is -2.19. The molecule has 5 heteroatoms. The highest BCUT2D eigenvalue weighted by Gasteiger charge is 2.08. The van der Waals surface area contributed by atoms with Crippen LogP contribution in [0.15, 0.2) is 42.5 Å². The van der Waals surface area contributed by atoms with Crippen molar-refractivity contribution in [2.75, 3.05) is 5.32 Å². The van der Waals surface area contributed by atoms with Gasteiger partial charge in [-0.1, -0.05) is 19.1 Å². The van der Waals surface area contributed by atoms with Crippen molar-refractivity contribution in [2.45, 2.75) is 32.9 Å². The van der Waals surface area contributed by atoms with Gasteiger partial charge in [0.25, 0.3) is 0 Å². The number of carbonyl (C=O) groups excluding carboxylic acids is 1. The first-order valence-corrected chi connectivity index (χ1v) is 7.56. The highest BCUT2D eigenvalue weighted by Crippen LogP contribution is 2.17. The van der Waals surface area contributed by atoms with E-state index in [4.69, 9.17) is 0 Å². The number of halogens is 2. The Morgan fingerprint density at radius 2 is 1.83 bits per heavy atom. The van der Waals surface area contributed by atoms with E-state index in [1.807, 2.05) is 31.2 Å². The van der Waals surface area contributed by atoms with E-state index in [2.05, 4.69) is 10.6 Å². The molecule has 3 nitrogen and oxygen atoms in total. The molecule has 0 spiro atoms. The molecule has 0 radical (unpaired) electrons. The summed E-state index contributed by atoms with van der Waals surface area (Å²) in [5.41, 5.74) is 2.03. The first-order chi connectivity index (χ1) is 11.0. The third-order valence-corrected chi connectivity index (χ3v) is 3.62. The number of carbonyl (C=O) groups is 1. The molecule has 23 heavy (non-hydrogen) atoms. The van der Waals surface area contributed by atoms with Gasteiger partial charge in [0, 0.05) is 30.3 Å². The maximum atomic E-state index is 13.6. The SMILES string of the molecule is CCC(=O)Nc1ccc([C@H](C)NCc2cc(F)ccc2F)cc1. The summed E-state index contributed by atoms with van der Waals surface area (Å²) < 4.78 is 26.7. The molecular formula is C18H20F2N2O. The Morgan fingerprint density at radius 3 is 2.48 bits per heavy atom. The smallest absolute Gasteiger partial charge is 0.224 e. The molecule has 2 N–H and O–H groups in total. The zero-order valence-corrected chi connectivity index (χ0v) is 13.2. The molecule has 2 aromatic carbocycles. The van der Waals surface area contributed by atoms with Gasteiger partial charge in [0.05, 0.1) is 0 Å². The van der Waals surface area contributed by atoms with Gasteiger partial charge >= 0.3 is 0 Å². The van der Waals surface area contributed by atoms with Crippen LogP contribution in [0.5, 0.6) is 0 Å². The predicted molar refractivity (Wildman–Crippen MR) is 87.0 cm³/mol. The van der Waals surface area contributed by atoms with E-state index in [9.17, 15) is 13.6 Å². The summed E-state index contributed by atoms with van der Waals surface area (Å²) in [6, 6.07) is 10.8. The van der Waals surface area contributed by atoms with Crippen LogP contribution in [0.3, 0.4) is 0 Å². The lowest BCUT2D eigenvalue weighted by atomic mass is 10.1. The molecule has 0 aliphatic heterocycles. The number of nitrogens with one attached hydrogen (secondary N) is 2. The zero-order chi connectivity index (χ0) is 16.8. The standard InChI is InChI=1S/C18H20F2N2O/c1-3-18(23)22-16-7-4-13(5-8-16)12(2)21-11-14-10-15(19)6-9-17(14)20/h4-10,12,21H,3,11H2,1-2H3,(H,22,23)/t12-/m0/s1. The highest BCUT2D eigenvalue weighted by atomic mass is 19.1. The number of amides is 1. The monoisotopic (exact) mass is 318 g/mol. The van der Waals surface area contributed by atoms with Crippen LogP contribution in [-0.2, 0) is 11.3 Å². The molecule has 0 saturated carbocycles. The minimum absolute atomic E-state index is 0.0337. The third-order valence-electron chi connectivity index (χ3n) is 3.62. The van der Waals surface area contributed by atoms with E-state index in [0.717, 1.165) is 23.4 Å². The maximum Gasteiger partial charge on any atom is 0.224 e. The van der Waals surface area contributed by atoms with Crippen LogP contribution in [-0.4, -0.2) is 5.91 Å². The van der Waals surface area contributed by atoms with Crippen molar-refractivity contribution in [3.05, 3.63) is 65.2 Å². The van der Waals surface area contributed by atoms with Gasteiger partial charge in [-0.15, -0.1) is 0 Å². The molecule has 0 heterocycles. The molecule has 0 aromatic heterocycles. The molecule has 0 aliphatic rings. The van der Waals surface area contributed by atoms with Crippen molar-refractivity contribution in [2.24, 2.45) is 0 Å². The topological polar surface area (TPSA) is 41.1 Å². The Morgan fingerprint density at radius 1 is 1.13 bits per heavy atom. The molecule has 2 aromatic rings. The van der Waals surface area contributed by atoms with Crippen LogP contribution in [0.25, 0.3) is 0 Å². The van der Waals surface area contributed by atoms with Gasteiger partial charge in [0.15, 0.2) is 0 Å². The van der Waals surface area contributed by atoms with E-state index < -0.39 is 11.6 Å². The maximum absolute atomic E-state index is 13.6. The molecule has 0 aliphatic carbocycles. The lowest BCUT2D eigenvalue weighted by molar-refractivity contribution is -0.115. The minimum atomic E-state index is -0.452. The average molecular weight is 318 g/mol. The van der Waals surface area contributed by atoms with E-state index in [0.29, 0.717) is 12.0 Å². The highest BCUT2D eigenvalue weighted by molar-refractivity contribution is 5.90. The molecule has 0 saturated heterocycles. The zero-order valence-electron chi connectivity index (χ0n) is 13.2. The summed E-state index contributed by atoms with van der Waals surface area (Å²) in [5, 5.41) is 5.94. The van der Waals surface area contributed by atoms with E-state index >= 15 is 0 Å². The predicted octanol–water partition coefficient (Wildman–Crippen LogP) is 4.16. The van der Waals surface area contributed by atoms with Gasteiger partial charge in [-0.2, -0.15) is 0 Å². The fourth-order valence-electron chi connectivity index (χ4n) is 2.16. The Kier molecular flexibility index (Phi) is 5.82. The molecule has 0 bridgehead atoms. The number of rotatable bonds is 6. The van der Waals surface area contributed by atoms with Crippen molar-refractivity contribution >= 4 is 11.6 Å². The second-order valence-corrected chi connectivity index (χ2v) is 5.36. The molecule has 0 fully saturated rings. The Bertz CT molecular complexity index is 671. The van der Waals surface area contributed by atoms with Crippen molar-refractivity contribution < 1.29 is 13.6 Å². The van der Waals surface area contributed by atoms with Gasteiger partial charge in [-0.25, -0.2) is 8.78 Å². The van der Waals surface area contributed by atoms with Crippen LogP contribution in [0.1, 0.15) is 37.4 Å². The fourth-order valence-corrected chi connectivity index (χ4v) is 2.16. The summed E-state index contributed by atoms with van der Waals surface area (Å²) in [5.74, 6) is -0.916. The number of hydrogen-bond donors (Lipinski definition) is 2. The summed E-state index contributed by atoms with van der Waals surface area (Å²) in [6.07, 6.45) is 0.429. The van der Waals surface area contributed by atoms with Crippen LogP contribution in [0, 0.1) is 11.6 Å². The van der Waals surface area contributed by atoms with Crippen molar-refractivity contribution in [3.8, 4) is 0 Å². The summed E-state index contributed by atoms with van der Waals surface area (Å²) in [6.45, 7) is 3.97. The molecule has 1 atom stereocenters. The molecular weight excluding hydrogens is 298 g/mol. The first-order valence-electron chi connectivity index (χ1n) is 7.56. The van der Waals surface area contributed by atoms with Crippen molar-refractivity contribution in [1.29, 1.82) is 0 Å². The lowest BCUT2D eigenvalue weighted by Gasteiger charge is -2.15. The van der Waals surface area contributed by atoms with Crippen LogP contribution < -0.4 is 10.6 Å². The van der Waals surface area contributed by atoms with Gasteiger partial charge in [0.2, 0.25) is 5.91 Å². The van der Waals surface area contributed by atoms with E-state index in [1.54, 1.807) is 6.92 Å². The average Bonchev–Trinajstić information content (AvgIpc) is 2.56. The minimum Gasteiger partial charge on any atom is -0.326 e. The Labute approximate surface area is 134 Å². The number of hydrogen-bond acceptors (Lipinski definition) is 2. The van der Waals surface area contributed by atoms with Crippen molar-refractivity contribution in [1.82, 2.24) is 5.32 Å². The first kappa shape index (κ1) is 17.1. The second kappa shape index (κ2) is 7.83. The number of anilines is 1. The van der Waals surface area contributed by atoms with Crippen LogP contribution >= 0.6 is 0 Å². The fraction of sp³-hybridized carbons (Fsp3) is 0.278. The quantitative estimate of drug-likeness (QED) is 0.839. The van der Waals surface area contributed by atoms with E-state index in [-0.39, 0.29) is 18.5 Å². The molecule has 0 unspecified atom stereocenters. The largest absolute Gasteiger partial charge is 0.326 e. The van der Waals surface area contributed by atoms with Crippen LogP contribution in [0.2, 0.25) is 0 Å². The Hall–Kier alpha value is -2.27. The van der Waals surface area contributed by atoms with Crippen molar-refractivity contribution in [3.63, 3.8) is 0 Å². The normalized spacial score (nSPS) is 12.0. The van der Waals surface area contributed by atoms with Crippen LogP contribution in [0.4, 0.5) is 14.5 Å².